The summed E-state index contributed by atoms with van der Waals surface area (Å²) < 4.78 is 3.42. The molecule has 0 radical (unpaired) electrons. The van der Waals surface area contributed by atoms with Gasteiger partial charge in [-0.15, -0.1) is 0 Å². The Hall–Kier alpha value is -2.61. The summed E-state index contributed by atoms with van der Waals surface area (Å²) in [5.74, 6) is 0.837. The SMILES string of the molecule is Cc1ccc(-n2ncc3c(=O)n4c(nc32)SCC4CC(=O)N2CCCCC2C)cc1. The first-order chi connectivity index (χ1) is 14.5. The molecule has 1 amide bonds. The highest BCUT2D eigenvalue weighted by Gasteiger charge is 2.32. The molecular formula is C22H25N5O2S. The third-order valence-corrected chi connectivity index (χ3v) is 7.28. The highest BCUT2D eigenvalue weighted by Crippen LogP contribution is 2.34. The maximum Gasteiger partial charge on any atom is 0.265 e. The van der Waals surface area contributed by atoms with Crippen LogP contribution in [-0.4, -0.2) is 48.5 Å². The first kappa shape index (κ1) is 19.4. The molecule has 0 aliphatic carbocycles. The van der Waals surface area contributed by atoms with Gasteiger partial charge < -0.3 is 4.90 Å². The number of likely N-dealkylation sites (tertiary alicyclic amines) is 1. The van der Waals surface area contributed by atoms with Crippen LogP contribution in [0.5, 0.6) is 0 Å². The summed E-state index contributed by atoms with van der Waals surface area (Å²) in [5, 5.41) is 5.59. The topological polar surface area (TPSA) is 73.0 Å². The molecule has 2 aromatic heterocycles. The number of carbonyl (C=O) groups is 1. The second-order valence-electron chi connectivity index (χ2n) is 8.30. The van der Waals surface area contributed by atoms with E-state index in [0.717, 1.165) is 30.6 Å². The maximum atomic E-state index is 13.3. The first-order valence-electron chi connectivity index (χ1n) is 10.5. The summed E-state index contributed by atoms with van der Waals surface area (Å²) >= 11 is 1.54. The number of hydrogen-bond acceptors (Lipinski definition) is 5. The van der Waals surface area contributed by atoms with Crippen molar-refractivity contribution >= 4 is 28.7 Å². The van der Waals surface area contributed by atoms with Gasteiger partial charge in [0.05, 0.1) is 17.9 Å². The second-order valence-corrected chi connectivity index (χ2v) is 9.29. The van der Waals surface area contributed by atoms with E-state index in [1.165, 1.54) is 6.42 Å². The lowest BCUT2D eigenvalue weighted by Crippen LogP contribution is -2.43. The van der Waals surface area contributed by atoms with Crippen LogP contribution in [-0.2, 0) is 4.79 Å². The average Bonchev–Trinajstić information content (AvgIpc) is 3.34. The van der Waals surface area contributed by atoms with Gasteiger partial charge in [0.25, 0.3) is 5.56 Å². The molecule has 0 saturated carbocycles. The third-order valence-electron chi connectivity index (χ3n) is 6.18. The van der Waals surface area contributed by atoms with Crippen molar-refractivity contribution in [3.05, 3.63) is 46.4 Å². The Labute approximate surface area is 179 Å². The zero-order valence-corrected chi connectivity index (χ0v) is 18.1. The lowest BCUT2D eigenvalue weighted by molar-refractivity contribution is -0.135. The van der Waals surface area contributed by atoms with Crippen molar-refractivity contribution in [2.75, 3.05) is 12.3 Å². The van der Waals surface area contributed by atoms with Gasteiger partial charge in [-0.2, -0.15) is 5.10 Å². The van der Waals surface area contributed by atoms with Crippen LogP contribution in [0.4, 0.5) is 0 Å². The molecule has 8 heteroatoms. The Bertz CT molecular complexity index is 1170. The predicted octanol–water partition coefficient (Wildman–Crippen LogP) is 3.33. The molecule has 1 fully saturated rings. The van der Waals surface area contributed by atoms with E-state index in [1.54, 1.807) is 27.2 Å². The number of aryl methyl sites for hydroxylation is 1. The number of rotatable bonds is 3. The smallest absolute Gasteiger partial charge is 0.265 e. The third kappa shape index (κ3) is 3.23. The normalized spacial score (nSPS) is 21.2. The van der Waals surface area contributed by atoms with Crippen LogP contribution in [0.3, 0.4) is 0 Å². The number of benzene rings is 1. The highest BCUT2D eigenvalue weighted by molar-refractivity contribution is 7.99. The van der Waals surface area contributed by atoms with Crippen molar-refractivity contribution in [2.24, 2.45) is 0 Å². The molecule has 4 heterocycles. The van der Waals surface area contributed by atoms with Crippen LogP contribution in [0.25, 0.3) is 16.7 Å². The molecule has 2 aliphatic heterocycles. The number of nitrogens with zero attached hydrogens (tertiary/aromatic N) is 5. The Morgan fingerprint density at radius 1 is 1.23 bits per heavy atom. The minimum Gasteiger partial charge on any atom is -0.340 e. The van der Waals surface area contributed by atoms with Crippen molar-refractivity contribution in [3.8, 4) is 5.69 Å². The molecule has 3 aromatic rings. The van der Waals surface area contributed by atoms with Crippen LogP contribution in [0, 0.1) is 6.92 Å². The molecule has 156 valence electrons. The van der Waals surface area contributed by atoms with Crippen molar-refractivity contribution < 1.29 is 4.79 Å². The van der Waals surface area contributed by atoms with Crippen molar-refractivity contribution in [2.45, 2.75) is 56.8 Å². The molecule has 30 heavy (non-hydrogen) atoms. The molecule has 0 spiro atoms. The summed E-state index contributed by atoms with van der Waals surface area (Å²) in [6.45, 7) is 4.97. The fourth-order valence-corrected chi connectivity index (χ4v) is 5.57. The van der Waals surface area contributed by atoms with Gasteiger partial charge in [-0.05, 0) is 45.2 Å². The van der Waals surface area contributed by atoms with Gasteiger partial charge in [0.2, 0.25) is 5.91 Å². The van der Waals surface area contributed by atoms with Crippen LogP contribution < -0.4 is 5.56 Å². The molecular weight excluding hydrogens is 398 g/mol. The number of amides is 1. The van der Waals surface area contributed by atoms with Gasteiger partial charge in [-0.3, -0.25) is 14.2 Å². The van der Waals surface area contributed by atoms with Gasteiger partial charge in [0.15, 0.2) is 10.8 Å². The van der Waals surface area contributed by atoms with Crippen LogP contribution in [0.2, 0.25) is 0 Å². The van der Waals surface area contributed by atoms with Crippen molar-refractivity contribution in [3.63, 3.8) is 0 Å². The predicted molar refractivity (Wildman–Crippen MR) is 117 cm³/mol. The average molecular weight is 424 g/mol. The summed E-state index contributed by atoms with van der Waals surface area (Å²) in [7, 11) is 0. The number of thioether (sulfide) groups is 1. The zero-order chi connectivity index (χ0) is 20.8. The molecule has 0 bridgehead atoms. The van der Waals surface area contributed by atoms with Crippen molar-refractivity contribution in [1.29, 1.82) is 0 Å². The molecule has 1 aromatic carbocycles. The summed E-state index contributed by atoms with van der Waals surface area (Å²) in [5.41, 5.74) is 2.50. The summed E-state index contributed by atoms with van der Waals surface area (Å²) in [6, 6.07) is 8.11. The van der Waals surface area contributed by atoms with Crippen molar-refractivity contribution in [1.82, 2.24) is 24.2 Å². The van der Waals surface area contributed by atoms with Gasteiger partial charge in [0, 0.05) is 24.8 Å². The Balaban J connectivity index is 1.48. The van der Waals surface area contributed by atoms with Gasteiger partial charge in [-0.1, -0.05) is 29.5 Å². The number of carbonyl (C=O) groups excluding carboxylic acids is 1. The van der Waals surface area contributed by atoms with Crippen LogP contribution in [0.1, 0.15) is 44.2 Å². The fourth-order valence-electron chi connectivity index (χ4n) is 4.44. The quantitative estimate of drug-likeness (QED) is 0.604. The molecule has 7 nitrogen and oxygen atoms in total. The highest BCUT2D eigenvalue weighted by atomic mass is 32.2. The standard InChI is InChI=1S/C22H25N5O2S/c1-14-6-8-16(9-7-14)27-20-18(12-23-27)21(29)26-17(13-30-22(26)24-20)11-19(28)25-10-4-3-5-15(25)2/h6-9,12,15,17H,3-5,10-11,13H2,1-2H3. The second kappa shape index (κ2) is 7.58. The van der Waals surface area contributed by atoms with Gasteiger partial charge in [-0.25, -0.2) is 9.67 Å². The number of piperidine rings is 1. The monoisotopic (exact) mass is 423 g/mol. The Morgan fingerprint density at radius 3 is 2.80 bits per heavy atom. The molecule has 2 atom stereocenters. The molecule has 2 aliphatic rings. The lowest BCUT2D eigenvalue weighted by atomic mass is 10.0. The summed E-state index contributed by atoms with van der Waals surface area (Å²) in [4.78, 5) is 33.0. The van der Waals surface area contributed by atoms with E-state index in [4.69, 9.17) is 4.98 Å². The number of fused-ring (bicyclic) bond motifs is 2. The Kier molecular flexibility index (Phi) is 4.89. The van der Waals surface area contributed by atoms with Crippen LogP contribution in [0.15, 0.2) is 40.4 Å². The van der Waals surface area contributed by atoms with Crippen LogP contribution >= 0.6 is 11.8 Å². The number of aromatic nitrogens is 4. The largest absolute Gasteiger partial charge is 0.340 e. The zero-order valence-electron chi connectivity index (χ0n) is 17.2. The molecule has 1 saturated heterocycles. The molecule has 2 unspecified atom stereocenters. The van der Waals surface area contributed by atoms with E-state index in [0.29, 0.717) is 28.4 Å². The van der Waals surface area contributed by atoms with Gasteiger partial charge >= 0.3 is 0 Å². The minimum atomic E-state index is -0.154. The molecule has 0 N–H and O–H groups in total. The summed E-state index contributed by atoms with van der Waals surface area (Å²) in [6.07, 6.45) is 5.24. The minimum absolute atomic E-state index is 0.108. The van der Waals surface area contributed by atoms with Gasteiger partial charge in [0.1, 0.15) is 5.39 Å². The Morgan fingerprint density at radius 2 is 2.03 bits per heavy atom. The van der Waals surface area contributed by atoms with E-state index in [-0.39, 0.29) is 23.6 Å². The first-order valence-corrected chi connectivity index (χ1v) is 11.5. The van der Waals surface area contributed by atoms with E-state index in [1.807, 2.05) is 36.1 Å². The fraction of sp³-hybridized carbons (Fsp3) is 0.455. The maximum absolute atomic E-state index is 13.3. The number of hydrogen-bond donors (Lipinski definition) is 0. The van der Waals surface area contributed by atoms with E-state index >= 15 is 0 Å². The molecule has 5 rings (SSSR count). The van der Waals surface area contributed by atoms with E-state index in [2.05, 4.69) is 12.0 Å². The lowest BCUT2D eigenvalue weighted by Gasteiger charge is -2.34. The van der Waals surface area contributed by atoms with E-state index in [9.17, 15) is 9.59 Å². The van der Waals surface area contributed by atoms with E-state index < -0.39 is 0 Å².